The largest absolute Gasteiger partial charge is 0.450 e. The van der Waals surface area contributed by atoms with Crippen LogP contribution in [0.5, 0.6) is 0 Å². The van der Waals surface area contributed by atoms with Crippen LogP contribution in [0.2, 0.25) is 5.02 Å². The van der Waals surface area contributed by atoms with Crippen LogP contribution in [0.15, 0.2) is 24.3 Å². The lowest BCUT2D eigenvalue weighted by molar-refractivity contribution is -0.133. The molecule has 1 fully saturated rings. The molecule has 0 saturated carbocycles. The van der Waals surface area contributed by atoms with Gasteiger partial charge in [0.15, 0.2) is 0 Å². The number of hydrogen-bond donors (Lipinski definition) is 1. The standard InChI is InChI=1S/C19H27ClN4O4/c1-3-22(13-17(25)21-19(27)28-4-2)14-18(26)24-10-8-23(9-11-24)16-7-5-6-15(20)12-16/h5-7,12H,3-4,8-11,13-14H2,1-2H3,(H,21,25,27). The van der Waals surface area contributed by atoms with Crippen LogP contribution >= 0.6 is 11.6 Å². The van der Waals surface area contributed by atoms with Crippen LogP contribution in [0.25, 0.3) is 0 Å². The Labute approximate surface area is 170 Å². The number of benzene rings is 1. The molecule has 0 unspecified atom stereocenters. The second-order valence-corrected chi connectivity index (χ2v) is 6.86. The van der Waals surface area contributed by atoms with Gasteiger partial charge in [0.25, 0.3) is 0 Å². The van der Waals surface area contributed by atoms with Crippen molar-refractivity contribution < 1.29 is 19.1 Å². The van der Waals surface area contributed by atoms with E-state index >= 15 is 0 Å². The van der Waals surface area contributed by atoms with Crippen molar-refractivity contribution in [1.29, 1.82) is 0 Å². The van der Waals surface area contributed by atoms with Crippen molar-refractivity contribution in [2.24, 2.45) is 0 Å². The summed E-state index contributed by atoms with van der Waals surface area (Å²) in [6.07, 6.45) is -0.771. The first-order valence-corrected chi connectivity index (χ1v) is 9.78. The van der Waals surface area contributed by atoms with Crippen molar-refractivity contribution in [3.05, 3.63) is 29.3 Å². The molecule has 1 aliphatic rings. The van der Waals surface area contributed by atoms with E-state index in [9.17, 15) is 14.4 Å². The summed E-state index contributed by atoms with van der Waals surface area (Å²) >= 11 is 6.05. The first-order valence-electron chi connectivity index (χ1n) is 9.40. The first-order chi connectivity index (χ1) is 13.4. The summed E-state index contributed by atoms with van der Waals surface area (Å²) in [6, 6.07) is 7.67. The van der Waals surface area contributed by atoms with E-state index < -0.39 is 12.0 Å². The smallest absolute Gasteiger partial charge is 0.413 e. The highest BCUT2D eigenvalue weighted by atomic mass is 35.5. The molecule has 0 spiro atoms. The Bertz CT molecular complexity index is 692. The Balaban J connectivity index is 1.80. The number of likely N-dealkylation sites (N-methyl/N-ethyl adjacent to an activating group) is 1. The van der Waals surface area contributed by atoms with Gasteiger partial charge in [-0.25, -0.2) is 4.79 Å². The van der Waals surface area contributed by atoms with Crippen molar-refractivity contribution in [1.82, 2.24) is 15.1 Å². The third kappa shape index (κ3) is 6.69. The number of rotatable bonds is 7. The molecule has 0 aliphatic carbocycles. The van der Waals surface area contributed by atoms with Crippen molar-refractivity contribution in [2.75, 3.05) is 57.3 Å². The van der Waals surface area contributed by atoms with Crippen LogP contribution in [-0.4, -0.2) is 80.1 Å². The number of carbonyl (C=O) groups is 3. The molecular formula is C19H27ClN4O4. The van der Waals surface area contributed by atoms with Crippen LogP contribution in [0.3, 0.4) is 0 Å². The summed E-state index contributed by atoms with van der Waals surface area (Å²) in [5.74, 6) is -0.518. The lowest BCUT2D eigenvalue weighted by atomic mass is 10.2. The molecule has 8 nitrogen and oxygen atoms in total. The second kappa shape index (κ2) is 10.9. The summed E-state index contributed by atoms with van der Waals surface area (Å²) in [7, 11) is 0. The summed E-state index contributed by atoms with van der Waals surface area (Å²) in [6.45, 7) is 6.99. The molecule has 1 N–H and O–H groups in total. The van der Waals surface area contributed by atoms with E-state index in [0.29, 0.717) is 24.7 Å². The maximum Gasteiger partial charge on any atom is 0.413 e. The van der Waals surface area contributed by atoms with E-state index in [1.165, 1.54) is 0 Å². The minimum atomic E-state index is -0.771. The molecule has 28 heavy (non-hydrogen) atoms. The first kappa shape index (κ1) is 22.0. The van der Waals surface area contributed by atoms with Gasteiger partial charge in [-0.1, -0.05) is 24.6 Å². The number of hydrogen-bond acceptors (Lipinski definition) is 6. The maximum absolute atomic E-state index is 12.6. The molecule has 1 aromatic carbocycles. The van der Waals surface area contributed by atoms with Crippen LogP contribution < -0.4 is 10.2 Å². The molecule has 1 heterocycles. The Morgan fingerprint density at radius 1 is 1.14 bits per heavy atom. The minimum Gasteiger partial charge on any atom is -0.450 e. The van der Waals surface area contributed by atoms with Gasteiger partial charge in [0.1, 0.15) is 0 Å². The Morgan fingerprint density at radius 3 is 2.46 bits per heavy atom. The lowest BCUT2D eigenvalue weighted by Crippen LogP contribution is -2.52. The summed E-state index contributed by atoms with van der Waals surface area (Å²) in [5.41, 5.74) is 1.05. The number of anilines is 1. The third-order valence-electron chi connectivity index (χ3n) is 4.50. The molecule has 1 aromatic rings. The summed E-state index contributed by atoms with van der Waals surface area (Å²) in [5, 5.41) is 2.83. The topological polar surface area (TPSA) is 82.2 Å². The average molecular weight is 411 g/mol. The maximum atomic E-state index is 12.6. The van der Waals surface area contributed by atoms with Crippen LogP contribution in [0.4, 0.5) is 10.5 Å². The molecule has 0 radical (unpaired) electrons. The van der Waals surface area contributed by atoms with Gasteiger partial charge in [0, 0.05) is 36.9 Å². The number of alkyl carbamates (subject to hydrolysis) is 1. The minimum absolute atomic E-state index is 0.0310. The average Bonchev–Trinajstić information content (AvgIpc) is 2.67. The Morgan fingerprint density at radius 2 is 1.86 bits per heavy atom. The highest BCUT2D eigenvalue weighted by molar-refractivity contribution is 6.30. The Hall–Kier alpha value is -2.32. The number of amides is 3. The van der Waals surface area contributed by atoms with Crippen LogP contribution in [0.1, 0.15) is 13.8 Å². The van der Waals surface area contributed by atoms with E-state index in [1.807, 2.05) is 31.2 Å². The fourth-order valence-corrected chi connectivity index (χ4v) is 3.17. The molecule has 0 bridgehead atoms. The van der Waals surface area contributed by atoms with Crippen molar-refractivity contribution in [3.63, 3.8) is 0 Å². The molecule has 1 saturated heterocycles. The molecule has 9 heteroatoms. The number of halogens is 1. The number of imide groups is 1. The van der Waals surface area contributed by atoms with Crippen molar-refractivity contribution in [3.8, 4) is 0 Å². The van der Waals surface area contributed by atoms with E-state index in [2.05, 4.69) is 15.0 Å². The van der Waals surface area contributed by atoms with Crippen LogP contribution in [0, 0.1) is 0 Å². The monoisotopic (exact) mass is 410 g/mol. The number of ether oxygens (including phenoxy) is 1. The zero-order chi connectivity index (χ0) is 20.5. The SMILES string of the molecule is CCOC(=O)NC(=O)CN(CC)CC(=O)N1CCN(c2cccc(Cl)c2)CC1. The molecule has 0 aromatic heterocycles. The van der Waals surface area contributed by atoms with Gasteiger partial charge >= 0.3 is 6.09 Å². The normalized spacial score (nSPS) is 14.1. The Kier molecular flexibility index (Phi) is 8.53. The van der Waals surface area contributed by atoms with Crippen LogP contribution in [-0.2, 0) is 14.3 Å². The van der Waals surface area contributed by atoms with Gasteiger partial charge in [0.2, 0.25) is 11.8 Å². The molecule has 0 atom stereocenters. The number of nitrogens with one attached hydrogen (secondary N) is 1. The third-order valence-corrected chi connectivity index (χ3v) is 4.73. The fraction of sp³-hybridized carbons (Fsp3) is 0.526. The van der Waals surface area contributed by atoms with Gasteiger partial charge in [-0.2, -0.15) is 0 Å². The van der Waals surface area contributed by atoms with Crippen molar-refractivity contribution >= 4 is 35.2 Å². The molecule has 2 rings (SSSR count). The van der Waals surface area contributed by atoms with E-state index in [-0.39, 0.29) is 25.6 Å². The second-order valence-electron chi connectivity index (χ2n) is 6.42. The lowest BCUT2D eigenvalue weighted by Gasteiger charge is -2.37. The highest BCUT2D eigenvalue weighted by Gasteiger charge is 2.23. The van der Waals surface area contributed by atoms with Gasteiger partial charge in [0.05, 0.1) is 19.7 Å². The molecule has 154 valence electrons. The van der Waals surface area contributed by atoms with Gasteiger partial charge < -0.3 is 14.5 Å². The summed E-state index contributed by atoms with van der Waals surface area (Å²) < 4.78 is 4.68. The zero-order valence-electron chi connectivity index (χ0n) is 16.3. The van der Waals surface area contributed by atoms with Gasteiger partial charge in [-0.05, 0) is 31.7 Å². The number of carbonyl (C=O) groups excluding carboxylic acids is 3. The van der Waals surface area contributed by atoms with Gasteiger partial charge in [-0.3, -0.25) is 19.8 Å². The molecule has 3 amide bonds. The predicted octanol–water partition coefficient (Wildman–Crippen LogP) is 1.58. The van der Waals surface area contributed by atoms with E-state index in [4.69, 9.17) is 11.6 Å². The predicted molar refractivity (Wildman–Crippen MR) is 108 cm³/mol. The number of piperazine rings is 1. The molecular weight excluding hydrogens is 384 g/mol. The van der Waals surface area contributed by atoms with E-state index in [1.54, 1.807) is 16.7 Å². The van der Waals surface area contributed by atoms with E-state index in [0.717, 1.165) is 18.8 Å². The highest BCUT2D eigenvalue weighted by Crippen LogP contribution is 2.20. The van der Waals surface area contributed by atoms with Crippen molar-refractivity contribution in [2.45, 2.75) is 13.8 Å². The fourth-order valence-electron chi connectivity index (χ4n) is 2.98. The number of nitrogens with zero attached hydrogens (tertiary/aromatic N) is 3. The summed E-state index contributed by atoms with van der Waals surface area (Å²) in [4.78, 5) is 41.5. The molecule has 1 aliphatic heterocycles. The quantitative estimate of drug-likeness (QED) is 0.735. The van der Waals surface area contributed by atoms with Gasteiger partial charge in [-0.15, -0.1) is 0 Å². The zero-order valence-corrected chi connectivity index (χ0v) is 17.1.